The van der Waals surface area contributed by atoms with Gasteiger partial charge in [0.1, 0.15) is 6.61 Å². The Kier molecular flexibility index (Phi) is 4.71. The first-order valence-electron chi connectivity index (χ1n) is 6.50. The first-order chi connectivity index (χ1) is 9.76. The van der Waals surface area contributed by atoms with Crippen molar-refractivity contribution in [1.29, 1.82) is 0 Å². The number of hydrogen-bond donors (Lipinski definition) is 0. The molecule has 0 aliphatic carbocycles. The third-order valence-electron chi connectivity index (χ3n) is 2.91. The fraction of sp³-hybridized carbons (Fsp3) is 0.250. The fourth-order valence-corrected chi connectivity index (χ4v) is 1.86. The van der Waals surface area contributed by atoms with Crippen LogP contribution in [0.2, 0.25) is 0 Å². The van der Waals surface area contributed by atoms with Crippen molar-refractivity contribution in [3.63, 3.8) is 0 Å². The topological polar surface area (TPSA) is 48.4 Å². The van der Waals surface area contributed by atoms with Gasteiger partial charge in [-0.25, -0.2) is 0 Å². The molecule has 1 aromatic heterocycles. The minimum atomic E-state index is 0.303. The maximum absolute atomic E-state index is 11.1. The van der Waals surface area contributed by atoms with Crippen molar-refractivity contribution >= 4 is 6.29 Å². The van der Waals surface area contributed by atoms with E-state index < -0.39 is 0 Å². The number of ether oxygens (including phenoxy) is 2. The molecule has 0 unspecified atom stereocenters. The van der Waals surface area contributed by atoms with Crippen LogP contribution in [0.5, 0.6) is 11.5 Å². The third kappa shape index (κ3) is 3.15. The Morgan fingerprint density at radius 1 is 1.20 bits per heavy atom. The Labute approximate surface area is 118 Å². The van der Waals surface area contributed by atoms with E-state index in [1.165, 1.54) is 0 Å². The van der Waals surface area contributed by atoms with Gasteiger partial charge in [0.05, 0.1) is 17.9 Å². The maximum Gasteiger partial charge on any atom is 0.172 e. The Hall–Kier alpha value is -2.36. The summed E-state index contributed by atoms with van der Waals surface area (Å²) >= 11 is 0. The van der Waals surface area contributed by atoms with Crippen LogP contribution in [0.15, 0.2) is 36.5 Å². The molecular weight excluding hydrogens is 254 g/mol. The van der Waals surface area contributed by atoms with Crippen molar-refractivity contribution in [3.05, 3.63) is 53.3 Å². The van der Waals surface area contributed by atoms with Crippen LogP contribution in [0.1, 0.15) is 28.5 Å². The Morgan fingerprint density at radius 3 is 2.75 bits per heavy atom. The van der Waals surface area contributed by atoms with Gasteiger partial charge >= 0.3 is 0 Å². The highest BCUT2D eigenvalue weighted by molar-refractivity contribution is 5.81. The van der Waals surface area contributed by atoms with E-state index in [0.717, 1.165) is 17.5 Å². The van der Waals surface area contributed by atoms with Gasteiger partial charge in [0.25, 0.3) is 0 Å². The molecule has 0 saturated heterocycles. The number of aryl methyl sites for hydroxylation is 1. The molecule has 0 bridgehead atoms. The summed E-state index contributed by atoms with van der Waals surface area (Å²) in [6.45, 7) is 4.68. The summed E-state index contributed by atoms with van der Waals surface area (Å²) in [4.78, 5) is 15.4. The molecule has 0 atom stereocenters. The number of nitrogens with zero attached hydrogens (tertiary/aromatic N) is 1. The molecule has 0 fully saturated rings. The van der Waals surface area contributed by atoms with E-state index in [-0.39, 0.29) is 0 Å². The second kappa shape index (κ2) is 6.70. The SMILES string of the molecule is CCOc1cccc(C=O)c1OCc1ncccc1C. The summed E-state index contributed by atoms with van der Waals surface area (Å²) in [5.41, 5.74) is 2.37. The van der Waals surface area contributed by atoms with E-state index in [1.807, 2.05) is 26.0 Å². The quantitative estimate of drug-likeness (QED) is 0.757. The molecule has 20 heavy (non-hydrogen) atoms. The van der Waals surface area contributed by atoms with Crippen LogP contribution in [-0.2, 0) is 6.61 Å². The summed E-state index contributed by atoms with van der Waals surface area (Å²) in [6, 6.07) is 9.12. The van der Waals surface area contributed by atoms with Gasteiger partial charge in [0.15, 0.2) is 17.8 Å². The molecular formula is C16H17NO3. The summed E-state index contributed by atoms with van der Waals surface area (Å²) in [5.74, 6) is 1.04. The number of carbonyl (C=O) groups excluding carboxylic acids is 1. The summed E-state index contributed by atoms with van der Waals surface area (Å²) in [7, 11) is 0. The van der Waals surface area contributed by atoms with Gasteiger partial charge in [0.2, 0.25) is 0 Å². The average Bonchev–Trinajstić information content (AvgIpc) is 2.47. The van der Waals surface area contributed by atoms with Gasteiger partial charge < -0.3 is 9.47 Å². The molecule has 2 rings (SSSR count). The molecule has 0 saturated carbocycles. The highest BCUT2D eigenvalue weighted by Gasteiger charge is 2.11. The van der Waals surface area contributed by atoms with Crippen molar-refractivity contribution in [3.8, 4) is 11.5 Å². The lowest BCUT2D eigenvalue weighted by Crippen LogP contribution is -2.04. The van der Waals surface area contributed by atoms with Crippen LogP contribution >= 0.6 is 0 Å². The molecule has 1 heterocycles. The number of aromatic nitrogens is 1. The van der Waals surface area contributed by atoms with E-state index in [9.17, 15) is 4.79 Å². The zero-order valence-electron chi connectivity index (χ0n) is 11.6. The maximum atomic E-state index is 11.1. The largest absolute Gasteiger partial charge is 0.490 e. The number of rotatable bonds is 6. The number of pyridine rings is 1. The van der Waals surface area contributed by atoms with Gasteiger partial charge in [-0.1, -0.05) is 12.1 Å². The van der Waals surface area contributed by atoms with Crippen molar-refractivity contribution in [2.24, 2.45) is 0 Å². The van der Waals surface area contributed by atoms with Gasteiger partial charge in [-0.15, -0.1) is 0 Å². The van der Waals surface area contributed by atoms with Crippen molar-refractivity contribution in [2.75, 3.05) is 6.61 Å². The van der Waals surface area contributed by atoms with Crippen LogP contribution in [-0.4, -0.2) is 17.9 Å². The first kappa shape index (κ1) is 14.1. The standard InChI is InChI=1S/C16H17NO3/c1-3-19-15-8-4-7-13(10-18)16(15)20-11-14-12(2)6-5-9-17-14/h4-10H,3,11H2,1-2H3. The number of para-hydroxylation sites is 1. The average molecular weight is 271 g/mol. The third-order valence-corrected chi connectivity index (χ3v) is 2.91. The fourth-order valence-electron chi connectivity index (χ4n) is 1.86. The minimum Gasteiger partial charge on any atom is -0.490 e. The molecule has 104 valence electrons. The Bertz CT molecular complexity index is 596. The van der Waals surface area contributed by atoms with Crippen LogP contribution in [0.4, 0.5) is 0 Å². The highest BCUT2D eigenvalue weighted by atomic mass is 16.5. The Balaban J connectivity index is 2.24. The lowest BCUT2D eigenvalue weighted by molar-refractivity contribution is 0.111. The molecule has 0 amide bonds. The number of carbonyl (C=O) groups is 1. The number of benzene rings is 1. The normalized spacial score (nSPS) is 10.1. The highest BCUT2D eigenvalue weighted by Crippen LogP contribution is 2.31. The molecule has 0 spiro atoms. The van der Waals surface area contributed by atoms with Gasteiger partial charge in [-0.2, -0.15) is 0 Å². The second-order valence-corrected chi connectivity index (χ2v) is 4.28. The monoisotopic (exact) mass is 271 g/mol. The molecule has 1 aromatic carbocycles. The summed E-state index contributed by atoms with van der Waals surface area (Å²) < 4.78 is 11.3. The zero-order valence-corrected chi connectivity index (χ0v) is 11.6. The van der Waals surface area contributed by atoms with Crippen molar-refractivity contribution in [1.82, 2.24) is 4.98 Å². The van der Waals surface area contributed by atoms with Crippen LogP contribution in [0.25, 0.3) is 0 Å². The van der Waals surface area contributed by atoms with E-state index in [0.29, 0.717) is 30.3 Å². The van der Waals surface area contributed by atoms with Gasteiger partial charge in [0, 0.05) is 6.20 Å². The predicted octanol–water partition coefficient (Wildman–Crippen LogP) is 3.18. The van der Waals surface area contributed by atoms with Crippen LogP contribution in [0.3, 0.4) is 0 Å². The first-order valence-corrected chi connectivity index (χ1v) is 6.50. The summed E-state index contributed by atoms with van der Waals surface area (Å²) in [5, 5.41) is 0. The van der Waals surface area contributed by atoms with Gasteiger partial charge in [-0.05, 0) is 37.6 Å². The van der Waals surface area contributed by atoms with Crippen molar-refractivity contribution < 1.29 is 14.3 Å². The van der Waals surface area contributed by atoms with Crippen LogP contribution in [0, 0.1) is 6.92 Å². The Morgan fingerprint density at radius 2 is 2.05 bits per heavy atom. The summed E-state index contributed by atoms with van der Waals surface area (Å²) in [6.07, 6.45) is 2.49. The number of aldehydes is 1. The van der Waals surface area contributed by atoms with E-state index >= 15 is 0 Å². The molecule has 2 aromatic rings. The molecule has 0 aliphatic rings. The number of hydrogen-bond acceptors (Lipinski definition) is 4. The lowest BCUT2D eigenvalue weighted by atomic mass is 10.2. The zero-order chi connectivity index (χ0) is 14.4. The van der Waals surface area contributed by atoms with Crippen molar-refractivity contribution in [2.45, 2.75) is 20.5 Å². The minimum absolute atomic E-state index is 0.303. The molecule has 0 radical (unpaired) electrons. The smallest absolute Gasteiger partial charge is 0.172 e. The molecule has 4 nitrogen and oxygen atoms in total. The van der Waals surface area contributed by atoms with E-state index in [4.69, 9.17) is 9.47 Å². The predicted molar refractivity (Wildman–Crippen MR) is 76.3 cm³/mol. The van der Waals surface area contributed by atoms with Gasteiger partial charge in [-0.3, -0.25) is 9.78 Å². The lowest BCUT2D eigenvalue weighted by Gasteiger charge is -2.14. The molecule has 4 heteroatoms. The van der Waals surface area contributed by atoms with E-state index in [2.05, 4.69) is 4.98 Å². The molecule has 0 N–H and O–H groups in total. The van der Waals surface area contributed by atoms with E-state index in [1.54, 1.807) is 24.4 Å². The second-order valence-electron chi connectivity index (χ2n) is 4.28. The van der Waals surface area contributed by atoms with Crippen LogP contribution < -0.4 is 9.47 Å². The molecule has 0 aliphatic heterocycles.